The number of carbonyl (C=O) groups is 2. The van der Waals surface area contributed by atoms with Crippen LogP contribution in [0.3, 0.4) is 0 Å². The first-order valence-electron chi connectivity index (χ1n) is 9.37. The smallest absolute Gasteiger partial charge is 0.306 e. The lowest BCUT2D eigenvalue weighted by Crippen LogP contribution is -2.54. The van der Waals surface area contributed by atoms with Gasteiger partial charge in [0.2, 0.25) is 17.6 Å². The number of benzene rings is 1. The van der Waals surface area contributed by atoms with Crippen molar-refractivity contribution in [2.45, 2.75) is 38.5 Å². The van der Waals surface area contributed by atoms with Crippen molar-refractivity contribution in [3.63, 3.8) is 0 Å². The predicted molar refractivity (Wildman–Crippen MR) is 95.3 cm³/mol. The molecule has 4 aliphatic rings. The molecule has 4 fully saturated rings. The zero-order valence-corrected chi connectivity index (χ0v) is 14.9. The third kappa shape index (κ3) is 3.40. The number of nitrogens with one attached hydrogen (secondary N) is 2. The van der Waals surface area contributed by atoms with Crippen molar-refractivity contribution in [1.82, 2.24) is 5.32 Å². The fourth-order valence-corrected chi connectivity index (χ4v) is 5.67. The quantitative estimate of drug-likeness (QED) is 0.610. The molecule has 0 aliphatic heterocycles. The molecule has 4 aliphatic carbocycles. The molecule has 144 valence electrons. The van der Waals surface area contributed by atoms with Crippen LogP contribution in [0.4, 0.5) is 15.8 Å². The minimum Gasteiger partial charge on any atom is -0.347 e. The first kappa shape index (κ1) is 17.9. The molecule has 0 saturated heterocycles. The van der Waals surface area contributed by atoms with Gasteiger partial charge in [0.1, 0.15) is 0 Å². The lowest BCUT2D eigenvalue weighted by Gasteiger charge is -2.55. The number of nitro groups is 1. The van der Waals surface area contributed by atoms with Crippen molar-refractivity contribution in [2.75, 3.05) is 11.9 Å². The van der Waals surface area contributed by atoms with Gasteiger partial charge in [-0.3, -0.25) is 19.7 Å². The minimum absolute atomic E-state index is 0.0539. The van der Waals surface area contributed by atoms with Crippen LogP contribution in [0.5, 0.6) is 0 Å². The average Bonchev–Trinajstić information content (AvgIpc) is 2.60. The minimum atomic E-state index is -0.965. The number of hydrogen-bond donors (Lipinski definition) is 2. The highest BCUT2D eigenvalue weighted by atomic mass is 19.1. The molecule has 8 heteroatoms. The van der Waals surface area contributed by atoms with Crippen LogP contribution < -0.4 is 10.6 Å². The van der Waals surface area contributed by atoms with Crippen LogP contribution in [0, 0.1) is 39.1 Å². The lowest BCUT2D eigenvalue weighted by atomic mass is 9.49. The molecule has 4 bridgehead atoms. The van der Waals surface area contributed by atoms with Crippen molar-refractivity contribution >= 4 is 23.2 Å². The van der Waals surface area contributed by atoms with Crippen LogP contribution in [0.15, 0.2) is 18.2 Å². The molecule has 0 radical (unpaired) electrons. The van der Waals surface area contributed by atoms with E-state index in [0.29, 0.717) is 17.8 Å². The lowest BCUT2D eigenvalue weighted by molar-refractivity contribution is -0.387. The molecule has 0 heterocycles. The van der Waals surface area contributed by atoms with Gasteiger partial charge in [0.05, 0.1) is 11.5 Å². The summed E-state index contributed by atoms with van der Waals surface area (Å²) >= 11 is 0. The van der Waals surface area contributed by atoms with Gasteiger partial charge in [0.15, 0.2) is 0 Å². The Kier molecular flexibility index (Phi) is 4.36. The molecular weight excluding hydrogens is 353 g/mol. The standard InChI is InChI=1S/C19H22FN3O4/c20-15-2-1-14(6-16(15)23(26)27)22-17(24)10-21-18(25)19-7-11-3-12(8-19)5-13(4-11)9-19/h1-2,6,11-13H,3-5,7-10H2,(H,21,25)(H,22,24). The monoisotopic (exact) mass is 375 g/mol. The SMILES string of the molecule is O=C(CNC(=O)C12CC3CC(CC(C3)C1)C2)Nc1ccc(F)c([N+](=O)[O-])c1. The van der Waals surface area contributed by atoms with E-state index in [1.807, 2.05) is 0 Å². The summed E-state index contributed by atoms with van der Waals surface area (Å²) in [6.07, 6.45) is 6.44. The predicted octanol–water partition coefficient (Wildman–Crippen LogP) is 3.01. The van der Waals surface area contributed by atoms with Crippen LogP contribution >= 0.6 is 0 Å². The molecular formula is C19H22FN3O4. The van der Waals surface area contributed by atoms with Gasteiger partial charge in [-0.25, -0.2) is 0 Å². The molecule has 1 aromatic carbocycles. The first-order valence-corrected chi connectivity index (χ1v) is 9.37. The van der Waals surface area contributed by atoms with E-state index in [1.54, 1.807) is 0 Å². The number of halogens is 1. The summed E-state index contributed by atoms with van der Waals surface area (Å²) in [5.74, 6) is 0.394. The van der Waals surface area contributed by atoms with E-state index in [4.69, 9.17) is 0 Å². The molecule has 7 nitrogen and oxygen atoms in total. The normalized spacial score (nSPS) is 30.8. The second-order valence-corrected chi connectivity index (χ2v) is 8.35. The van der Waals surface area contributed by atoms with E-state index < -0.39 is 22.3 Å². The van der Waals surface area contributed by atoms with Crippen LogP contribution in [-0.2, 0) is 9.59 Å². The topological polar surface area (TPSA) is 101 Å². The van der Waals surface area contributed by atoms with Crippen LogP contribution in [0.2, 0.25) is 0 Å². The summed E-state index contributed by atoms with van der Waals surface area (Å²) in [7, 11) is 0. The summed E-state index contributed by atoms with van der Waals surface area (Å²) in [4.78, 5) is 34.9. The molecule has 0 atom stereocenters. The van der Waals surface area contributed by atoms with Crippen molar-refractivity contribution in [2.24, 2.45) is 23.2 Å². The maximum absolute atomic E-state index is 13.4. The van der Waals surface area contributed by atoms with Crippen LogP contribution in [0.1, 0.15) is 38.5 Å². The molecule has 1 aromatic rings. The molecule has 5 rings (SSSR count). The van der Waals surface area contributed by atoms with Crippen molar-refractivity contribution < 1.29 is 18.9 Å². The zero-order valence-electron chi connectivity index (χ0n) is 14.9. The molecule has 0 spiro atoms. The van der Waals surface area contributed by atoms with E-state index in [0.717, 1.165) is 31.4 Å². The van der Waals surface area contributed by atoms with Gasteiger partial charge < -0.3 is 10.6 Å². The van der Waals surface area contributed by atoms with E-state index in [9.17, 15) is 24.1 Å². The Balaban J connectivity index is 1.35. The Morgan fingerprint density at radius 2 is 1.74 bits per heavy atom. The molecule has 4 saturated carbocycles. The number of nitrogens with zero attached hydrogens (tertiary/aromatic N) is 1. The van der Waals surface area contributed by atoms with Gasteiger partial charge >= 0.3 is 5.69 Å². The number of amides is 2. The van der Waals surface area contributed by atoms with Crippen molar-refractivity contribution in [3.05, 3.63) is 34.1 Å². The summed E-state index contributed by atoms with van der Waals surface area (Å²) in [5.41, 5.74) is -0.911. The second-order valence-electron chi connectivity index (χ2n) is 8.35. The summed E-state index contributed by atoms with van der Waals surface area (Å²) in [5, 5.41) is 16.0. The van der Waals surface area contributed by atoms with Crippen molar-refractivity contribution in [3.8, 4) is 0 Å². The highest BCUT2D eigenvalue weighted by Crippen LogP contribution is 2.60. The second kappa shape index (κ2) is 6.58. The fraction of sp³-hybridized carbons (Fsp3) is 0.579. The van der Waals surface area contributed by atoms with E-state index in [-0.39, 0.29) is 23.6 Å². The third-order valence-corrected chi connectivity index (χ3v) is 6.36. The number of hydrogen-bond acceptors (Lipinski definition) is 4. The van der Waals surface area contributed by atoms with Crippen LogP contribution in [0.25, 0.3) is 0 Å². The number of rotatable bonds is 5. The average molecular weight is 375 g/mol. The van der Waals surface area contributed by atoms with E-state index in [2.05, 4.69) is 10.6 Å². The summed E-state index contributed by atoms with van der Waals surface area (Å²) in [6, 6.07) is 3.15. The summed E-state index contributed by atoms with van der Waals surface area (Å²) in [6.45, 7) is -0.203. The van der Waals surface area contributed by atoms with Gasteiger partial charge in [-0.15, -0.1) is 0 Å². The molecule has 27 heavy (non-hydrogen) atoms. The highest BCUT2D eigenvalue weighted by molar-refractivity contribution is 5.95. The van der Waals surface area contributed by atoms with Gasteiger partial charge in [-0.05, 0) is 68.4 Å². The Morgan fingerprint density at radius 1 is 1.15 bits per heavy atom. The maximum Gasteiger partial charge on any atom is 0.306 e. The molecule has 0 unspecified atom stereocenters. The Bertz CT molecular complexity index is 775. The van der Waals surface area contributed by atoms with Crippen molar-refractivity contribution in [1.29, 1.82) is 0 Å². The number of carbonyl (C=O) groups excluding carboxylic acids is 2. The van der Waals surface area contributed by atoms with E-state index >= 15 is 0 Å². The fourth-order valence-electron chi connectivity index (χ4n) is 5.67. The Labute approximate surface area is 155 Å². The number of anilines is 1. The highest BCUT2D eigenvalue weighted by Gasteiger charge is 2.54. The van der Waals surface area contributed by atoms with Crippen LogP contribution in [-0.4, -0.2) is 23.3 Å². The van der Waals surface area contributed by atoms with Gasteiger partial charge in [-0.2, -0.15) is 4.39 Å². The van der Waals surface area contributed by atoms with Gasteiger partial charge in [0.25, 0.3) is 0 Å². The molecule has 0 aromatic heterocycles. The maximum atomic E-state index is 13.4. The number of nitro benzene ring substituents is 1. The molecule has 2 N–H and O–H groups in total. The molecule has 2 amide bonds. The van der Waals surface area contributed by atoms with Gasteiger partial charge in [-0.1, -0.05) is 0 Å². The summed E-state index contributed by atoms with van der Waals surface area (Å²) < 4.78 is 13.4. The van der Waals surface area contributed by atoms with Gasteiger partial charge in [0, 0.05) is 17.2 Å². The largest absolute Gasteiger partial charge is 0.347 e. The van der Waals surface area contributed by atoms with E-state index in [1.165, 1.54) is 25.3 Å². The Morgan fingerprint density at radius 3 is 2.30 bits per heavy atom. The zero-order chi connectivity index (χ0) is 19.2. The first-order chi connectivity index (χ1) is 12.8. The Hall–Kier alpha value is -2.51. The third-order valence-electron chi connectivity index (χ3n) is 6.36.